The largest absolute Gasteiger partial charge is 0.480 e. The van der Waals surface area contributed by atoms with Crippen LogP contribution in [0.5, 0.6) is 0 Å². The first kappa shape index (κ1) is 13.3. The van der Waals surface area contributed by atoms with Gasteiger partial charge in [-0.25, -0.2) is 4.79 Å². The van der Waals surface area contributed by atoms with Gasteiger partial charge in [-0.1, -0.05) is 0 Å². The molecular weight excluding hydrogens is 224 g/mol. The Bertz CT molecular complexity index is 244. The maximum Gasteiger partial charge on any atom is 0.329 e. The van der Waals surface area contributed by atoms with Crippen LogP contribution < -0.4 is 0 Å². The predicted octanol–water partition coefficient (Wildman–Crippen LogP) is -3.11. The zero-order valence-corrected chi connectivity index (χ0v) is 8.26. The summed E-state index contributed by atoms with van der Waals surface area (Å²) >= 11 is 0. The van der Waals surface area contributed by atoms with Gasteiger partial charge >= 0.3 is 5.97 Å². The molecule has 94 valence electrons. The fraction of sp³-hybridized carbons (Fsp3) is 0.875. The lowest BCUT2D eigenvalue weighted by Crippen LogP contribution is -2.59. The standard InChI is InChI=1S/C8H14O8/c9-1-3-5(12)6(13)7(8(14)16-3)15-2-4(10)11/h3,5-9,12-14H,1-2H2,(H,10,11)/t3?,5-,6-,7?,8-/m1/s1. The van der Waals surface area contributed by atoms with Crippen molar-refractivity contribution in [3.8, 4) is 0 Å². The van der Waals surface area contributed by atoms with Gasteiger partial charge in [0.25, 0.3) is 0 Å². The number of rotatable bonds is 4. The van der Waals surface area contributed by atoms with E-state index < -0.39 is 49.9 Å². The van der Waals surface area contributed by atoms with E-state index in [1.54, 1.807) is 0 Å². The highest BCUT2D eigenvalue weighted by molar-refractivity contribution is 5.68. The zero-order chi connectivity index (χ0) is 12.3. The molecule has 1 fully saturated rings. The van der Waals surface area contributed by atoms with Crippen molar-refractivity contribution in [1.82, 2.24) is 0 Å². The third kappa shape index (κ3) is 2.88. The van der Waals surface area contributed by atoms with Gasteiger partial charge in [0.1, 0.15) is 31.0 Å². The Hall–Kier alpha value is -0.770. The van der Waals surface area contributed by atoms with Gasteiger partial charge in [0, 0.05) is 0 Å². The first-order valence-corrected chi connectivity index (χ1v) is 4.61. The van der Waals surface area contributed by atoms with E-state index in [-0.39, 0.29) is 0 Å². The topological polar surface area (TPSA) is 137 Å². The van der Waals surface area contributed by atoms with Gasteiger partial charge in [-0.15, -0.1) is 0 Å². The zero-order valence-electron chi connectivity index (χ0n) is 8.26. The lowest BCUT2D eigenvalue weighted by molar-refractivity contribution is -0.295. The maximum absolute atomic E-state index is 10.2. The summed E-state index contributed by atoms with van der Waals surface area (Å²) in [5.41, 5.74) is 0. The van der Waals surface area contributed by atoms with Crippen molar-refractivity contribution in [1.29, 1.82) is 0 Å². The molecule has 8 nitrogen and oxygen atoms in total. The molecular formula is C8H14O8. The highest BCUT2D eigenvalue weighted by Crippen LogP contribution is 2.21. The number of hydrogen-bond donors (Lipinski definition) is 5. The number of carboxylic acid groups (broad SMARTS) is 1. The monoisotopic (exact) mass is 238 g/mol. The van der Waals surface area contributed by atoms with Crippen LogP contribution in [0.15, 0.2) is 0 Å². The van der Waals surface area contributed by atoms with E-state index in [1.807, 2.05) is 0 Å². The molecule has 5 N–H and O–H groups in total. The second kappa shape index (κ2) is 5.53. The Morgan fingerprint density at radius 2 is 1.88 bits per heavy atom. The lowest BCUT2D eigenvalue weighted by Gasteiger charge is -2.39. The Balaban J connectivity index is 2.60. The van der Waals surface area contributed by atoms with Crippen molar-refractivity contribution in [3.05, 3.63) is 0 Å². The van der Waals surface area contributed by atoms with E-state index in [4.69, 9.17) is 14.9 Å². The average molecular weight is 238 g/mol. The molecule has 1 aliphatic heterocycles. The molecule has 0 radical (unpaired) electrons. The SMILES string of the molecule is O=C(O)COC1[C@H](O)OC(CO)[C@@H](O)[C@H]1O. The number of aliphatic carboxylic acids is 1. The summed E-state index contributed by atoms with van der Waals surface area (Å²) in [7, 11) is 0. The molecule has 0 aromatic rings. The highest BCUT2D eigenvalue weighted by Gasteiger charge is 2.44. The Kier molecular flexibility index (Phi) is 4.59. The quantitative estimate of drug-likeness (QED) is 0.347. The van der Waals surface area contributed by atoms with Crippen molar-refractivity contribution in [3.63, 3.8) is 0 Å². The van der Waals surface area contributed by atoms with Crippen molar-refractivity contribution in [2.75, 3.05) is 13.2 Å². The van der Waals surface area contributed by atoms with Gasteiger partial charge < -0.3 is 35.0 Å². The third-order valence-corrected chi connectivity index (χ3v) is 2.24. The third-order valence-electron chi connectivity index (χ3n) is 2.24. The highest BCUT2D eigenvalue weighted by atomic mass is 16.7. The fourth-order valence-corrected chi connectivity index (χ4v) is 1.42. The number of aliphatic hydroxyl groups is 4. The summed E-state index contributed by atoms with van der Waals surface area (Å²) in [5, 5.41) is 45.4. The number of ether oxygens (including phenoxy) is 2. The van der Waals surface area contributed by atoms with Crippen LogP contribution in [0, 0.1) is 0 Å². The normalized spacial score (nSPS) is 39.6. The minimum absolute atomic E-state index is 0.582. The molecule has 1 heterocycles. The lowest BCUT2D eigenvalue weighted by atomic mass is 9.99. The summed E-state index contributed by atoms with van der Waals surface area (Å²) in [6.07, 6.45) is -7.08. The fourth-order valence-electron chi connectivity index (χ4n) is 1.42. The van der Waals surface area contributed by atoms with Gasteiger partial charge in [0.2, 0.25) is 0 Å². The summed E-state index contributed by atoms with van der Waals surface area (Å²) < 4.78 is 9.41. The number of hydrogen-bond acceptors (Lipinski definition) is 7. The molecule has 0 aromatic carbocycles. The Morgan fingerprint density at radius 3 is 2.38 bits per heavy atom. The van der Waals surface area contributed by atoms with E-state index in [9.17, 15) is 20.1 Å². The minimum Gasteiger partial charge on any atom is -0.480 e. The molecule has 0 spiro atoms. The summed E-state index contributed by atoms with van der Waals surface area (Å²) in [6.45, 7) is -1.32. The van der Waals surface area contributed by atoms with Gasteiger partial charge in [-0.3, -0.25) is 0 Å². The second-order valence-electron chi connectivity index (χ2n) is 3.40. The van der Waals surface area contributed by atoms with Gasteiger partial charge in [0.15, 0.2) is 6.29 Å². The van der Waals surface area contributed by atoms with Gasteiger partial charge in [-0.2, -0.15) is 0 Å². The molecule has 0 bridgehead atoms. The Morgan fingerprint density at radius 1 is 1.25 bits per heavy atom. The smallest absolute Gasteiger partial charge is 0.329 e. The van der Waals surface area contributed by atoms with E-state index in [2.05, 4.69) is 4.74 Å². The van der Waals surface area contributed by atoms with Gasteiger partial charge in [0.05, 0.1) is 6.61 Å². The van der Waals surface area contributed by atoms with Crippen molar-refractivity contribution in [2.45, 2.75) is 30.7 Å². The molecule has 0 amide bonds. The van der Waals surface area contributed by atoms with E-state index in [1.165, 1.54) is 0 Å². The van der Waals surface area contributed by atoms with Crippen LogP contribution in [0.3, 0.4) is 0 Å². The summed E-state index contributed by atoms with van der Waals surface area (Å²) in [6, 6.07) is 0. The van der Waals surface area contributed by atoms with Crippen LogP contribution in [0.4, 0.5) is 0 Å². The molecule has 0 saturated carbocycles. The van der Waals surface area contributed by atoms with Crippen molar-refractivity contribution >= 4 is 5.97 Å². The molecule has 1 rings (SSSR count). The number of aliphatic hydroxyl groups excluding tert-OH is 4. The van der Waals surface area contributed by atoms with Crippen LogP contribution in [0.2, 0.25) is 0 Å². The summed E-state index contributed by atoms with van der Waals surface area (Å²) in [4.78, 5) is 10.2. The van der Waals surface area contributed by atoms with E-state index in [0.717, 1.165) is 0 Å². The van der Waals surface area contributed by atoms with Gasteiger partial charge in [-0.05, 0) is 0 Å². The molecule has 0 aliphatic carbocycles. The molecule has 8 heteroatoms. The van der Waals surface area contributed by atoms with E-state index in [0.29, 0.717) is 0 Å². The van der Waals surface area contributed by atoms with Crippen LogP contribution in [-0.4, -0.2) is 75.4 Å². The second-order valence-corrected chi connectivity index (χ2v) is 3.40. The van der Waals surface area contributed by atoms with E-state index >= 15 is 0 Å². The van der Waals surface area contributed by atoms with Crippen molar-refractivity contribution in [2.24, 2.45) is 0 Å². The van der Waals surface area contributed by atoms with Crippen LogP contribution in [0.25, 0.3) is 0 Å². The maximum atomic E-state index is 10.2. The van der Waals surface area contributed by atoms with Crippen molar-refractivity contribution < 1.29 is 39.8 Å². The predicted molar refractivity (Wildman–Crippen MR) is 47.4 cm³/mol. The molecule has 2 unspecified atom stereocenters. The molecule has 5 atom stereocenters. The summed E-state index contributed by atoms with van der Waals surface area (Å²) in [5.74, 6) is -1.28. The average Bonchev–Trinajstić information content (AvgIpc) is 2.22. The first-order valence-electron chi connectivity index (χ1n) is 4.61. The number of carbonyl (C=O) groups is 1. The van der Waals surface area contributed by atoms with Crippen LogP contribution in [0.1, 0.15) is 0 Å². The molecule has 1 saturated heterocycles. The molecule has 16 heavy (non-hydrogen) atoms. The van der Waals surface area contributed by atoms with Crippen LogP contribution >= 0.6 is 0 Å². The van der Waals surface area contributed by atoms with Crippen LogP contribution in [-0.2, 0) is 14.3 Å². The minimum atomic E-state index is -1.60. The number of carboxylic acids is 1. The Labute approximate surface area is 90.6 Å². The molecule has 1 aliphatic rings. The molecule has 0 aromatic heterocycles. The first-order chi connectivity index (χ1) is 7.47.